The number of aromatic nitrogens is 2. The van der Waals surface area contributed by atoms with Crippen molar-refractivity contribution in [2.75, 3.05) is 11.5 Å². The summed E-state index contributed by atoms with van der Waals surface area (Å²) >= 11 is 0. The fourth-order valence-corrected chi connectivity index (χ4v) is 6.20. The van der Waals surface area contributed by atoms with Crippen LogP contribution in [0.1, 0.15) is 6.92 Å². The summed E-state index contributed by atoms with van der Waals surface area (Å²) < 4.78 is 64.7. The van der Waals surface area contributed by atoms with E-state index in [0.717, 1.165) is 10.9 Å². The average Bonchev–Trinajstić information content (AvgIpc) is 2.79. The van der Waals surface area contributed by atoms with Crippen LogP contribution in [-0.2, 0) is 19.9 Å². The number of halogens is 1. The third kappa shape index (κ3) is 3.01. The quantitative estimate of drug-likeness (QED) is 0.856. The van der Waals surface area contributed by atoms with Crippen LogP contribution in [0.15, 0.2) is 41.4 Å². The van der Waals surface area contributed by atoms with E-state index in [2.05, 4.69) is 9.82 Å². The number of para-hydroxylation sites is 1. The second-order valence-corrected chi connectivity index (χ2v) is 9.46. The molecule has 0 spiro atoms. The van der Waals surface area contributed by atoms with Gasteiger partial charge in [0.1, 0.15) is 0 Å². The third-order valence-corrected chi connectivity index (χ3v) is 7.20. The van der Waals surface area contributed by atoms with E-state index in [4.69, 9.17) is 0 Å². The van der Waals surface area contributed by atoms with Crippen LogP contribution >= 0.6 is 0 Å². The fourth-order valence-electron chi connectivity index (χ4n) is 2.61. The van der Waals surface area contributed by atoms with Crippen LogP contribution in [0.25, 0.3) is 5.69 Å². The van der Waals surface area contributed by atoms with Crippen LogP contribution in [-0.4, -0.2) is 43.7 Å². The number of sulfone groups is 1. The number of nitrogens with zero attached hydrogens (tertiary/aromatic N) is 2. The number of nitrogens with one attached hydrogen (secondary N) is 1. The van der Waals surface area contributed by atoms with E-state index in [1.807, 2.05) is 0 Å². The lowest BCUT2D eigenvalue weighted by Crippen LogP contribution is -2.63. The molecule has 124 valence electrons. The largest absolute Gasteiger partial charge is 0.247 e. The van der Waals surface area contributed by atoms with Gasteiger partial charge in [0.15, 0.2) is 14.7 Å². The Morgan fingerprint density at radius 3 is 2.43 bits per heavy atom. The zero-order valence-electron chi connectivity index (χ0n) is 12.1. The van der Waals surface area contributed by atoms with Crippen molar-refractivity contribution < 1.29 is 21.2 Å². The summed E-state index contributed by atoms with van der Waals surface area (Å²) in [5, 5.41) is 3.76. The molecule has 0 bridgehead atoms. The molecule has 1 aliphatic heterocycles. The Hall–Kier alpha value is -1.78. The topological polar surface area (TPSA) is 98.1 Å². The summed E-state index contributed by atoms with van der Waals surface area (Å²) in [6.07, 6.45) is 0.904. The Kier molecular flexibility index (Phi) is 3.58. The van der Waals surface area contributed by atoms with Crippen molar-refractivity contribution in [1.29, 1.82) is 0 Å². The molecular weight excluding hydrogens is 345 g/mol. The van der Waals surface area contributed by atoms with Gasteiger partial charge in [-0.3, -0.25) is 0 Å². The highest BCUT2D eigenvalue weighted by Crippen LogP contribution is 2.26. The molecule has 0 unspecified atom stereocenters. The maximum Gasteiger partial charge on any atom is 0.247 e. The molecule has 1 saturated heterocycles. The predicted octanol–water partition coefficient (Wildman–Crippen LogP) is 0.477. The van der Waals surface area contributed by atoms with Crippen LogP contribution in [0.3, 0.4) is 0 Å². The first kappa shape index (κ1) is 16.1. The zero-order valence-corrected chi connectivity index (χ0v) is 13.7. The normalized spacial score (nSPS) is 19.2. The lowest BCUT2D eigenvalue weighted by molar-refractivity contribution is 0.441. The molecule has 1 aromatic heterocycles. The number of hydrogen-bond acceptors (Lipinski definition) is 5. The van der Waals surface area contributed by atoms with Crippen LogP contribution in [0.5, 0.6) is 0 Å². The molecule has 0 amide bonds. The minimum Gasteiger partial charge on any atom is -0.229 e. The first-order valence-electron chi connectivity index (χ1n) is 6.65. The van der Waals surface area contributed by atoms with Crippen molar-refractivity contribution in [2.45, 2.75) is 17.4 Å². The van der Waals surface area contributed by atoms with Gasteiger partial charge in [-0.25, -0.2) is 26.2 Å². The Labute approximate surface area is 133 Å². The molecule has 0 saturated carbocycles. The van der Waals surface area contributed by atoms with Crippen LogP contribution < -0.4 is 4.72 Å². The lowest BCUT2D eigenvalue weighted by atomic mass is 10.1. The Morgan fingerprint density at radius 1 is 1.26 bits per heavy atom. The summed E-state index contributed by atoms with van der Waals surface area (Å²) in [6.45, 7) is 1.46. The van der Waals surface area contributed by atoms with E-state index in [-0.39, 0.29) is 11.5 Å². The molecule has 23 heavy (non-hydrogen) atoms. The summed E-state index contributed by atoms with van der Waals surface area (Å²) in [6, 6.07) is 8.24. The predicted molar refractivity (Wildman–Crippen MR) is 80.9 cm³/mol. The number of hydrogen-bond donors (Lipinski definition) is 1. The van der Waals surface area contributed by atoms with E-state index in [1.54, 1.807) is 30.3 Å². The van der Waals surface area contributed by atoms with Gasteiger partial charge in [-0.2, -0.15) is 9.49 Å². The van der Waals surface area contributed by atoms with Gasteiger partial charge in [0.2, 0.25) is 16.0 Å². The molecule has 0 aliphatic carbocycles. The van der Waals surface area contributed by atoms with E-state index in [1.165, 1.54) is 6.92 Å². The Morgan fingerprint density at radius 2 is 1.87 bits per heavy atom. The van der Waals surface area contributed by atoms with E-state index < -0.39 is 36.2 Å². The molecule has 0 radical (unpaired) electrons. The fraction of sp³-hybridized carbons (Fsp3) is 0.308. The van der Waals surface area contributed by atoms with Crippen molar-refractivity contribution in [3.8, 4) is 5.69 Å². The minimum absolute atomic E-state index is 0.312. The van der Waals surface area contributed by atoms with Gasteiger partial charge in [0.25, 0.3) is 0 Å². The van der Waals surface area contributed by atoms with Gasteiger partial charge < -0.3 is 0 Å². The molecule has 0 atom stereocenters. The lowest BCUT2D eigenvalue weighted by Gasteiger charge is -2.37. The van der Waals surface area contributed by atoms with Crippen LogP contribution in [0.2, 0.25) is 0 Å². The number of benzene rings is 1. The summed E-state index contributed by atoms with van der Waals surface area (Å²) in [7, 11) is -7.45. The second-order valence-electron chi connectivity index (χ2n) is 5.75. The molecule has 1 N–H and O–H groups in total. The van der Waals surface area contributed by atoms with Gasteiger partial charge in [0.05, 0.1) is 28.9 Å². The first-order chi connectivity index (χ1) is 10.6. The van der Waals surface area contributed by atoms with Crippen LogP contribution in [0.4, 0.5) is 4.39 Å². The summed E-state index contributed by atoms with van der Waals surface area (Å²) in [5.41, 5.74) is -0.747. The average molecular weight is 359 g/mol. The van der Waals surface area contributed by atoms with Gasteiger partial charge in [-0.15, -0.1) is 0 Å². The molecule has 1 aliphatic rings. The summed E-state index contributed by atoms with van der Waals surface area (Å²) in [4.78, 5) is -0.619. The Bertz CT molecular complexity index is 940. The maximum absolute atomic E-state index is 14.4. The van der Waals surface area contributed by atoms with E-state index in [0.29, 0.717) is 5.69 Å². The smallest absolute Gasteiger partial charge is 0.229 e. The number of rotatable bonds is 4. The van der Waals surface area contributed by atoms with E-state index in [9.17, 15) is 21.2 Å². The molecule has 10 heteroatoms. The SMILES string of the molecule is CC1(NS(=O)(=O)c2cnn(-c3ccccc3)c2F)CS(=O)(=O)C1. The van der Waals surface area contributed by atoms with Gasteiger partial charge in [-0.05, 0) is 19.1 Å². The first-order valence-corrected chi connectivity index (χ1v) is 9.96. The summed E-state index contributed by atoms with van der Waals surface area (Å²) in [5.74, 6) is -1.66. The molecular formula is C13H14FN3O4S2. The van der Waals surface area contributed by atoms with Crippen LogP contribution in [0, 0.1) is 5.95 Å². The second kappa shape index (κ2) is 5.11. The third-order valence-electron chi connectivity index (χ3n) is 3.43. The molecule has 3 rings (SSSR count). The minimum atomic E-state index is -4.22. The van der Waals surface area contributed by atoms with Crippen molar-refractivity contribution in [3.63, 3.8) is 0 Å². The van der Waals surface area contributed by atoms with Crippen molar-refractivity contribution in [2.24, 2.45) is 0 Å². The standard InChI is InChI=1S/C13H14FN3O4S2/c1-13(8-22(18,19)9-13)16-23(20,21)11-7-15-17(12(11)14)10-5-3-2-4-6-10/h2-7,16H,8-9H2,1H3. The van der Waals surface area contributed by atoms with E-state index >= 15 is 0 Å². The van der Waals surface area contributed by atoms with Gasteiger partial charge >= 0.3 is 0 Å². The zero-order chi connectivity index (χ0) is 16.9. The number of sulfonamides is 1. The highest BCUT2D eigenvalue weighted by Gasteiger charge is 2.47. The maximum atomic E-state index is 14.4. The van der Waals surface area contributed by atoms with Crippen molar-refractivity contribution in [3.05, 3.63) is 42.5 Å². The van der Waals surface area contributed by atoms with Crippen molar-refractivity contribution in [1.82, 2.24) is 14.5 Å². The molecule has 1 fully saturated rings. The molecule has 7 nitrogen and oxygen atoms in total. The molecule has 1 aromatic carbocycles. The monoisotopic (exact) mass is 359 g/mol. The highest BCUT2D eigenvalue weighted by atomic mass is 32.2. The van der Waals surface area contributed by atoms with Gasteiger partial charge in [0, 0.05) is 0 Å². The highest BCUT2D eigenvalue weighted by molar-refractivity contribution is 7.93. The van der Waals surface area contributed by atoms with Crippen molar-refractivity contribution >= 4 is 19.9 Å². The molecule has 2 aromatic rings. The molecule has 2 heterocycles. The van der Waals surface area contributed by atoms with Gasteiger partial charge in [-0.1, -0.05) is 18.2 Å². The Balaban J connectivity index is 1.92.